The molecule has 1 aliphatic rings. The van der Waals surface area contributed by atoms with Gasteiger partial charge in [-0.05, 0) is 37.0 Å². The summed E-state index contributed by atoms with van der Waals surface area (Å²) in [5.74, 6) is 0.879. The zero-order valence-electron chi connectivity index (χ0n) is 14.6. The van der Waals surface area contributed by atoms with Crippen LogP contribution in [0, 0.1) is 0 Å². The Morgan fingerprint density at radius 3 is 2.80 bits per heavy atom. The van der Waals surface area contributed by atoms with Gasteiger partial charge in [0.05, 0.1) is 4.90 Å². The van der Waals surface area contributed by atoms with Gasteiger partial charge in [-0.2, -0.15) is 11.8 Å². The normalized spacial score (nSPS) is 17.8. The Hall–Kier alpha value is -1.54. The lowest BCUT2D eigenvalue weighted by Gasteiger charge is -2.13. The number of carbonyl (C=O) groups is 1. The summed E-state index contributed by atoms with van der Waals surface area (Å²) in [4.78, 5) is 17.1. The molecule has 1 atom stereocenters. The molecule has 1 amide bonds. The van der Waals surface area contributed by atoms with Crippen LogP contribution in [0.25, 0.3) is 0 Å². The lowest BCUT2D eigenvalue weighted by molar-refractivity contribution is -0.122. The van der Waals surface area contributed by atoms with Gasteiger partial charge in [0.1, 0.15) is 11.9 Å². The molecule has 138 valence electrons. The van der Waals surface area contributed by atoms with Gasteiger partial charge in [0, 0.05) is 12.1 Å². The van der Waals surface area contributed by atoms with Crippen molar-refractivity contribution in [3.05, 3.63) is 29.8 Å². The zero-order valence-corrected chi connectivity index (χ0v) is 16.3. The van der Waals surface area contributed by atoms with Crippen molar-refractivity contribution >= 4 is 33.5 Å². The highest BCUT2D eigenvalue weighted by atomic mass is 32.2. The third-order valence-corrected chi connectivity index (χ3v) is 5.97. The minimum atomic E-state index is -3.59. The molecule has 2 rings (SSSR count). The first-order valence-electron chi connectivity index (χ1n) is 8.46. The number of carbonyl (C=O) groups excluding carboxylic acids is 1. The maximum absolute atomic E-state index is 12.5. The van der Waals surface area contributed by atoms with E-state index in [0.717, 1.165) is 25.0 Å². The highest BCUT2D eigenvalue weighted by molar-refractivity contribution is 7.98. The van der Waals surface area contributed by atoms with E-state index in [1.54, 1.807) is 36.0 Å². The third-order valence-electron chi connectivity index (χ3n) is 3.93. The number of nitrogens with one attached hydrogen (secondary N) is 2. The summed E-state index contributed by atoms with van der Waals surface area (Å²) >= 11 is 1.63. The molecule has 1 aromatic rings. The molecule has 0 aromatic heterocycles. The van der Waals surface area contributed by atoms with Crippen molar-refractivity contribution < 1.29 is 13.2 Å². The fourth-order valence-corrected chi connectivity index (χ4v) is 4.27. The predicted molar refractivity (Wildman–Crippen MR) is 103 cm³/mol. The van der Waals surface area contributed by atoms with Crippen LogP contribution in [-0.4, -0.2) is 44.8 Å². The second kappa shape index (κ2) is 9.24. The van der Waals surface area contributed by atoms with Crippen molar-refractivity contribution in [1.82, 2.24) is 10.0 Å². The van der Waals surface area contributed by atoms with Gasteiger partial charge in [0.25, 0.3) is 10.0 Å². The molecule has 2 N–H and O–H groups in total. The molecule has 0 aliphatic carbocycles. The van der Waals surface area contributed by atoms with Crippen LogP contribution in [0.1, 0.15) is 38.2 Å². The summed E-state index contributed by atoms with van der Waals surface area (Å²) in [6.45, 7) is 2.73. The van der Waals surface area contributed by atoms with Crippen molar-refractivity contribution in [2.75, 3.05) is 18.6 Å². The molecule has 0 bridgehead atoms. The fraction of sp³-hybridized carbons (Fsp3) is 0.529. The molecule has 0 spiro atoms. The number of benzene rings is 1. The number of hydrogen-bond donors (Lipinski definition) is 2. The Morgan fingerprint density at radius 1 is 1.32 bits per heavy atom. The van der Waals surface area contributed by atoms with Crippen molar-refractivity contribution in [2.45, 2.75) is 43.5 Å². The summed E-state index contributed by atoms with van der Waals surface area (Å²) in [5, 5.41) is 2.91. The van der Waals surface area contributed by atoms with Gasteiger partial charge in [0.15, 0.2) is 0 Å². The van der Waals surface area contributed by atoms with Crippen LogP contribution in [0.5, 0.6) is 0 Å². The van der Waals surface area contributed by atoms with Crippen LogP contribution >= 0.6 is 11.8 Å². The highest BCUT2D eigenvalue weighted by Crippen LogP contribution is 2.23. The lowest BCUT2D eigenvalue weighted by Crippen LogP contribution is -2.36. The average molecular weight is 384 g/mol. The summed E-state index contributed by atoms with van der Waals surface area (Å²) in [6.07, 6.45) is 5.62. The highest BCUT2D eigenvalue weighted by Gasteiger charge is 2.31. The van der Waals surface area contributed by atoms with Crippen molar-refractivity contribution in [3.63, 3.8) is 0 Å². The van der Waals surface area contributed by atoms with Crippen LogP contribution in [0.3, 0.4) is 0 Å². The number of sulfonamides is 1. The first-order chi connectivity index (χ1) is 12.0. The maximum atomic E-state index is 12.5. The Morgan fingerprint density at radius 2 is 2.08 bits per heavy atom. The first kappa shape index (κ1) is 19.8. The van der Waals surface area contributed by atoms with E-state index >= 15 is 0 Å². The number of amidine groups is 1. The number of rotatable bonds is 9. The van der Waals surface area contributed by atoms with Gasteiger partial charge >= 0.3 is 0 Å². The minimum Gasteiger partial charge on any atom is -0.354 e. The molecule has 1 aromatic carbocycles. The molecule has 0 fully saturated rings. The van der Waals surface area contributed by atoms with Crippen molar-refractivity contribution in [3.8, 4) is 0 Å². The van der Waals surface area contributed by atoms with Gasteiger partial charge in [-0.15, -0.1) is 0 Å². The smallest absolute Gasteiger partial charge is 0.263 e. The Labute approximate surface area is 153 Å². The molecule has 0 saturated heterocycles. The second-order valence-corrected chi connectivity index (χ2v) is 8.51. The van der Waals surface area contributed by atoms with Crippen molar-refractivity contribution in [1.29, 1.82) is 0 Å². The Balaban J connectivity index is 2.18. The molecule has 0 saturated carbocycles. The SMILES string of the molecule is CCCCCNC(=O)C(CCSC)N=C1NS(=O)(=O)c2ccccc21. The van der Waals surface area contributed by atoms with Crippen LogP contribution in [0.2, 0.25) is 0 Å². The minimum absolute atomic E-state index is 0.152. The van der Waals surface area contributed by atoms with E-state index in [4.69, 9.17) is 0 Å². The number of nitrogens with zero attached hydrogens (tertiary/aromatic N) is 1. The predicted octanol–water partition coefficient (Wildman–Crippen LogP) is 2.15. The maximum Gasteiger partial charge on any atom is 0.263 e. The van der Waals surface area contributed by atoms with Gasteiger partial charge in [-0.1, -0.05) is 31.9 Å². The molecular weight excluding hydrogens is 358 g/mol. The van der Waals surface area contributed by atoms with E-state index in [1.807, 2.05) is 6.26 Å². The van der Waals surface area contributed by atoms with Crippen LogP contribution in [0.15, 0.2) is 34.2 Å². The van der Waals surface area contributed by atoms with E-state index in [-0.39, 0.29) is 16.6 Å². The summed E-state index contributed by atoms with van der Waals surface area (Å²) in [6, 6.07) is 6.09. The molecular formula is C17H25N3O3S2. The van der Waals surface area contributed by atoms with Crippen LogP contribution in [0.4, 0.5) is 0 Å². The van der Waals surface area contributed by atoms with Crippen LogP contribution < -0.4 is 10.0 Å². The number of unbranched alkanes of at least 4 members (excludes halogenated alkanes) is 2. The number of fused-ring (bicyclic) bond motifs is 1. The molecule has 8 heteroatoms. The zero-order chi connectivity index (χ0) is 18.3. The topological polar surface area (TPSA) is 87.6 Å². The van der Waals surface area contributed by atoms with Gasteiger partial charge in [-0.3, -0.25) is 14.5 Å². The molecule has 1 heterocycles. The molecule has 6 nitrogen and oxygen atoms in total. The second-order valence-electron chi connectivity index (χ2n) is 5.87. The standard InChI is InChI=1S/C17H25N3O3S2/c1-3-4-7-11-18-17(21)14(10-12-24-2)19-16-13-8-5-6-9-15(13)25(22,23)20-16/h5-6,8-9,14H,3-4,7,10-12H2,1-2H3,(H,18,21)(H,19,20). The third kappa shape index (κ3) is 5.22. The number of hydrogen-bond acceptors (Lipinski definition) is 5. The average Bonchev–Trinajstić information content (AvgIpc) is 2.86. The number of amides is 1. The first-order valence-corrected chi connectivity index (χ1v) is 11.3. The van der Waals surface area contributed by atoms with Gasteiger partial charge in [-0.25, -0.2) is 8.42 Å². The molecule has 0 radical (unpaired) electrons. The number of aliphatic imine (C=N–C) groups is 1. The molecule has 1 aliphatic heterocycles. The molecule has 1 unspecified atom stereocenters. The number of thioether (sulfide) groups is 1. The Bertz CT molecular complexity index is 732. The summed E-state index contributed by atoms with van der Waals surface area (Å²) in [7, 11) is -3.59. The van der Waals surface area contributed by atoms with E-state index in [9.17, 15) is 13.2 Å². The van der Waals surface area contributed by atoms with Gasteiger partial charge < -0.3 is 5.32 Å². The summed E-state index contributed by atoms with van der Waals surface area (Å²) < 4.78 is 26.8. The quantitative estimate of drug-likeness (QED) is 0.640. The Kier molecular flexibility index (Phi) is 7.31. The van der Waals surface area contributed by atoms with Crippen molar-refractivity contribution in [2.24, 2.45) is 4.99 Å². The fourth-order valence-electron chi connectivity index (χ4n) is 2.57. The van der Waals surface area contributed by atoms with E-state index in [1.165, 1.54) is 0 Å². The lowest BCUT2D eigenvalue weighted by atomic mass is 10.1. The molecule has 25 heavy (non-hydrogen) atoms. The van der Waals surface area contributed by atoms with Gasteiger partial charge in [0.2, 0.25) is 5.91 Å². The largest absolute Gasteiger partial charge is 0.354 e. The van der Waals surface area contributed by atoms with E-state index in [2.05, 4.69) is 22.0 Å². The van der Waals surface area contributed by atoms with E-state index in [0.29, 0.717) is 18.5 Å². The van der Waals surface area contributed by atoms with E-state index < -0.39 is 16.1 Å². The van der Waals surface area contributed by atoms with Crippen LogP contribution in [-0.2, 0) is 14.8 Å². The summed E-state index contributed by atoms with van der Waals surface area (Å²) in [5.41, 5.74) is 0.524. The monoisotopic (exact) mass is 383 g/mol.